The predicted molar refractivity (Wildman–Crippen MR) is 104 cm³/mol. The van der Waals surface area contributed by atoms with Crippen molar-refractivity contribution in [2.45, 2.75) is 25.9 Å². The van der Waals surface area contributed by atoms with Crippen LogP contribution in [0.25, 0.3) is 0 Å². The van der Waals surface area contributed by atoms with E-state index < -0.39 is 0 Å². The molecule has 6 nitrogen and oxygen atoms in total. The summed E-state index contributed by atoms with van der Waals surface area (Å²) >= 11 is 0. The highest BCUT2D eigenvalue weighted by Gasteiger charge is 2.28. The molecule has 0 N–H and O–H groups in total. The minimum atomic E-state index is -0.291. The molecule has 3 heterocycles. The normalized spacial score (nSPS) is 16.8. The Morgan fingerprint density at radius 1 is 1.21 bits per heavy atom. The third-order valence-electron chi connectivity index (χ3n) is 4.98. The van der Waals surface area contributed by atoms with Gasteiger partial charge in [0.15, 0.2) is 0 Å². The number of halogens is 1. The van der Waals surface area contributed by atoms with Crippen LogP contribution in [0.3, 0.4) is 0 Å². The number of ether oxygens (including phenoxy) is 1. The number of morpholine rings is 1. The molecule has 0 aliphatic carbocycles. The molecule has 1 aliphatic rings. The van der Waals surface area contributed by atoms with Crippen LogP contribution in [-0.2, 0) is 17.6 Å². The van der Waals surface area contributed by atoms with Crippen molar-refractivity contribution in [3.8, 4) is 0 Å². The summed E-state index contributed by atoms with van der Waals surface area (Å²) in [5.41, 5.74) is 3.58. The molecular weight excluding hydrogens is 373 g/mol. The molecule has 1 amide bonds. The van der Waals surface area contributed by atoms with Crippen molar-refractivity contribution in [2.24, 2.45) is 0 Å². The van der Waals surface area contributed by atoms with Crippen LogP contribution in [0.2, 0.25) is 0 Å². The summed E-state index contributed by atoms with van der Waals surface area (Å²) in [6.07, 6.45) is 2.90. The van der Waals surface area contributed by atoms with Crippen molar-refractivity contribution >= 4 is 5.91 Å². The first kappa shape index (κ1) is 19.3. The zero-order chi connectivity index (χ0) is 20.2. The van der Waals surface area contributed by atoms with Crippen LogP contribution in [0.1, 0.15) is 46.1 Å². The second kappa shape index (κ2) is 8.53. The molecule has 4 rings (SSSR count). The summed E-state index contributed by atoms with van der Waals surface area (Å²) in [6.45, 7) is 3.30. The Kier molecular flexibility index (Phi) is 5.67. The molecule has 1 aliphatic heterocycles. The number of nitrogens with zero attached hydrogens (tertiary/aromatic N) is 3. The summed E-state index contributed by atoms with van der Waals surface area (Å²) in [4.78, 5) is 18.9. The number of carbonyl (C=O) groups excluding carboxylic acids is 1. The standard InChI is InChI=1S/C22H22FN3O3/c1-2-18-12-20(29-25-18)22(27)26-9-10-28-21(14-26)19-8-5-16(13-24-19)11-15-3-6-17(23)7-4-15/h3-8,12-13,21H,2,9-11,14H2,1H3/t21-/m1/s1. The lowest BCUT2D eigenvalue weighted by Crippen LogP contribution is -2.42. The van der Waals surface area contributed by atoms with Gasteiger partial charge < -0.3 is 14.2 Å². The number of aryl methyl sites for hydroxylation is 1. The SMILES string of the molecule is CCc1cc(C(=O)N2CCO[C@@H](c3ccc(Cc4ccc(F)cc4)cn3)C2)on1. The molecule has 2 aromatic heterocycles. The fourth-order valence-corrected chi connectivity index (χ4v) is 3.32. The fraction of sp³-hybridized carbons (Fsp3) is 0.318. The number of pyridine rings is 1. The van der Waals surface area contributed by atoms with Crippen molar-refractivity contribution in [3.63, 3.8) is 0 Å². The van der Waals surface area contributed by atoms with Gasteiger partial charge in [0.2, 0.25) is 5.76 Å². The second-order valence-electron chi connectivity index (χ2n) is 7.04. The first-order valence-corrected chi connectivity index (χ1v) is 9.68. The predicted octanol–water partition coefficient (Wildman–Crippen LogP) is 3.58. The molecule has 7 heteroatoms. The third kappa shape index (κ3) is 4.51. The van der Waals surface area contributed by atoms with Gasteiger partial charge in [-0.05, 0) is 42.2 Å². The van der Waals surface area contributed by atoms with Crippen LogP contribution in [0.15, 0.2) is 53.2 Å². The molecule has 1 atom stereocenters. The Labute approximate surface area is 168 Å². The Morgan fingerprint density at radius 3 is 2.69 bits per heavy atom. The lowest BCUT2D eigenvalue weighted by Gasteiger charge is -2.32. The molecule has 3 aromatic rings. The highest BCUT2D eigenvalue weighted by atomic mass is 19.1. The molecule has 0 spiro atoms. The van der Waals surface area contributed by atoms with Gasteiger partial charge in [-0.1, -0.05) is 30.3 Å². The quantitative estimate of drug-likeness (QED) is 0.661. The number of benzene rings is 1. The molecule has 0 unspecified atom stereocenters. The van der Waals surface area contributed by atoms with E-state index in [4.69, 9.17) is 9.26 Å². The minimum absolute atomic E-state index is 0.182. The summed E-state index contributed by atoms with van der Waals surface area (Å²) in [6, 6.07) is 12.0. The van der Waals surface area contributed by atoms with Crippen molar-refractivity contribution in [3.05, 3.63) is 82.8 Å². The Bertz CT molecular complexity index is 970. The fourth-order valence-electron chi connectivity index (χ4n) is 3.32. The van der Waals surface area contributed by atoms with Crippen LogP contribution in [0, 0.1) is 5.82 Å². The topological polar surface area (TPSA) is 68.5 Å². The average Bonchev–Trinajstić information content (AvgIpc) is 3.25. The van der Waals surface area contributed by atoms with Gasteiger partial charge in [-0.3, -0.25) is 9.78 Å². The van der Waals surface area contributed by atoms with E-state index in [9.17, 15) is 9.18 Å². The maximum absolute atomic E-state index is 13.0. The average molecular weight is 395 g/mol. The van der Waals surface area contributed by atoms with E-state index in [1.54, 1.807) is 29.3 Å². The van der Waals surface area contributed by atoms with E-state index in [-0.39, 0.29) is 23.6 Å². The smallest absolute Gasteiger partial charge is 0.292 e. The molecular formula is C22H22FN3O3. The lowest BCUT2D eigenvalue weighted by atomic mass is 10.1. The second-order valence-corrected chi connectivity index (χ2v) is 7.04. The Hall–Kier alpha value is -3.06. The zero-order valence-electron chi connectivity index (χ0n) is 16.2. The summed E-state index contributed by atoms with van der Waals surface area (Å²) < 4.78 is 24.0. The highest BCUT2D eigenvalue weighted by molar-refractivity contribution is 5.91. The summed E-state index contributed by atoms with van der Waals surface area (Å²) in [5, 5.41) is 3.89. The van der Waals surface area contributed by atoms with Crippen molar-refractivity contribution in [2.75, 3.05) is 19.7 Å². The van der Waals surface area contributed by atoms with Crippen LogP contribution < -0.4 is 0 Å². The molecule has 0 radical (unpaired) electrons. The maximum atomic E-state index is 13.0. The number of amides is 1. The third-order valence-corrected chi connectivity index (χ3v) is 4.98. The van der Waals surface area contributed by atoms with E-state index in [1.165, 1.54) is 12.1 Å². The maximum Gasteiger partial charge on any atom is 0.292 e. The van der Waals surface area contributed by atoms with Crippen molar-refractivity contribution in [1.82, 2.24) is 15.0 Å². The van der Waals surface area contributed by atoms with Gasteiger partial charge in [0, 0.05) is 18.8 Å². The summed E-state index contributed by atoms with van der Waals surface area (Å²) in [7, 11) is 0. The van der Waals surface area contributed by atoms with Crippen molar-refractivity contribution < 1.29 is 18.4 Å². The van der Waals surface area contributed by atoms with E-state index in [0.717, 1.165) is 28.9 Å². The first-order chi connectivity index (χ1) is 14.1. The van der Waals surface area contributed by atoms with E-state index in [2.05, 4.69) is 10.1 Å². The molecule has 1 saturated heterocycles. The van der Waals surface area contributed by atoms with E-state index in [0.29, 0.717) is 26.1 Å². The number of hydrogen-bond acceptors (Lipinski definition) is 5. The molecule has 1 fully saturated rings. The molecule has 150 valence electrons. The largest absolute Gasteiger partial charge is 0.368 e. The van der Waals surface area contributed by atoms with E-state index in [1.807, 2.05) is 19.1 Å². The Balaban J connectivity index is 1.41. The molecule has 29 heavy (non-hydrogen) atoms. The monoisotopic (exact) mass is 395 g/mol. The van der Waals surface area contributed by atoms with Gasteiger partial charge >= 0.3 is 0 Å². The minimum Gasteiger partial charge on any atom is -0.368 e. The molecule has 0 bridgehead atoms. The highest BCUT2D eigenvalue weighted by Crippen LogP contribution is 2.23. The van der Waals surface area contributed by atoms with Gasteiger partial charge in [-0.15, -0.1) is 0 Å². The van der Waals surface area contributed by atoms with Crippen molar-refractivity contribution in [1.29, 1.82) is 0 Å². The van der Waals surface area contributed by atoms with Crippen LogP contribution in [-0.4, -0.2) is 40.6 Å². The number of rotatable bonds is 5. The first-order valence-electron chi connectivity index (χ1n) is 9.68. The van der Waals surface area contributed by atoms with Gasteiger partial charge in [0.25, 0.3) is 5.91 Å². The van der Waals surface area contributed by atoms with Crippen LogP contribution in [0.5, 0.6) is 0 Å². The molecule has 0 saturated carbocycles. The van der Waals surface area contributed by atoms with Gasteiger partial charge in [-0.25, -0.2) is 4.39 Å². The van der Waals surface area contributed by atoms with Crippen LogP contribution >= 0.6 is 0 Å². The Morgan fingerprint density at radius 2 is 2.00 bits per heavy atom. The summed E-state index contributed by atoms with van der Waals surface area (Å²) in [5.74, 6) is -0.171. The van der Waals surface area contributed by atoms with Gasteiger partial charge in [0.05, 0.1) is 24.5 Å². The van der Waals surface area contributed by atoms with Gasteiger partial charge in [0.1, 0.15) is 11.9 Å². The lowest BCUT2D eigenvalue weighted by molar-refractivity contribution is -0.0258. The number of carbonyl (C=O) groups is 1. The number of hydrogen-bond donors (Lipinski definition) is 0. The van der Waals surface area contributed by atoms with Gasteiger partial charge in [-0.2, -0.15) is 0 Å². The number of aromatic nitrogens is 2. The van der Waals surface area contributed by atoms with E-state index >= 15 is 0 Å². The zero-order valence-corrected chi connectivity index (χ0v) is 16.2. The molecule has 1 aromatic carbocycles. The van der Waals surface area contributed by atoms with Crippen LogP contribution in [0.4, 0.5) is 4.39 Å².